The number of fused-ring (bicyclic) bond motifs is 1. The maximum atomic E-state index is 11.3. The Labute approximate surface area is 74.3 Å². The van der Waals surface area contributed by atoms with E-state index in [0.717, 1.165) is 0 Å². The summed E-state index contributed by atoms with van der Waals surface area (Å²) < 4.78 is 0. The van der Waals surface area contributed by atoms with E-state index < -0.39 is 0 Å². The van der Waals surface area contributed by atoms with E-state index in [9.17, 15) is 9.59 Å². The van der Waals surface area contributed by atoms with Crippen LogP contribution in [0.2, 0.25) is 0 Å². The Morgan fingerprint density at radius 2 is 2.31 bits per heavy atom. The van der Waals surface area contributed by atoms with Gasteiger partial charge in [0.05, 0.1) is 5.57 Å². The number of aliphatic imine (C=N–C) groups is 2. The van der Waals surface area contributed by atoms with Gasteiger partial charge >= 0.3 is 0 Å². The lowest BCUT2D eigenvalue weighted by Crippen LogP contribution is -2.45. The first-order chi connectivity index (χ1) is 6.22. The third kappa shape index (κ3) is 1.09. The standard InChI is InChI=1S/C8H7N3O2/c1-4-10-6-5(3-12)2-9-7(6)8(13)11-4/h2-4H,1H3,(H,11,13). The average molecular weight is 177 g/mol. The van der Waals surface area contributed by atoms with Crippen LogP contribution < -0.4 is 5.32 Å². The van der Waals surface area contributed by atoms with Crippen LogP contribution in [-0.4, -0.2) is 29.8 Å². The molecular formula is C8H7N3O2. The topological polar surface area (TPSA) is 70.9 Å². The van der Waals surface area contributed by atoms with Gasteiger partial charge in [-0.15, -0.1) is 0 Å². The van der Waals surface area contributed by atoms with Crippen LogP contribution in [0.4, 0.5) is 0 Å². The van der Waals surface area contributed by atoms with Crippen molar-refractivity contribution >= 4 is 23.6 Å². The van der Waals surface area contributed by atoms with Crippen molar-refractivity contribution in [2.45, 2.75) is 13.1 Å². The number of carbonyl (C=O) groups excluding carboxylic acids is 2. The lowest BCUT2D eigenvalue weighted by molar-refractivity contribution is -0.115. The molecule has 1 atom stereocenters. The Balaban J connectivity index is 2.45. The average Bonchev–Trinajstić information content (AvgIpc) is 2.47. The molecule has 0 bridgehead atoms. The minimum atomic E-state index is -0.289. The first-order valence-electron chi connectivity index (χ1n) is 3.85. The van der Waals surface area contributed by atoms with Crippen molar-refractivity contribution < 1.29 is 9.59 Å². The molecule has 1 unspecified atom stereocenters. The lowest BCUT2D eigenvalue weighted by Gasteiger charge is -2.16. The number of nitrogens with one attached hydrogen (secondary N) is 1. The highest BCUT2D eigenvalue weighted by Crippen LogP contribution is 2.12. The van der Waals surface area contributed by atoms with E-state index in [1.807, 2.05) is 0 Å². The van der Waals surface area contributed by atoms with Gasteiger partial charge in [0.2, 0.25) is 0 Å². The Bertz CT molecular complexity index is 379. The molecule has 2 rings (SSSR count). The first kappa shape index (κ1) is 7.85. The van der Waals surface area contributed by atoms with E-state index in [0.29, 0.717) is 17.6 Å². The molecule has 0 saturated heterocycles. The smallest absolute Gasteiger partial charge is 0.273 e. The van der Waals surface area contributed by atoms with Gasteiger partial charge in [0.25, 0.3) is 5.91 Å². The maximum absolute atomic E-state index is 11.3. The second-order valence-electron chi connectivity index (χ2n) is 2.81. The van der Waals surface area contributed by atoms with Crippen LogP contribution >= 0.6 is 0 Å². The summed E-state index contributed by atoms with van der Waals surface area (Å²) >= 11 is 0. The minimum absolute atomic E-state index is 0.236. The molecule has 13 heavy (non-hydrogen) atoms. The second kappa shape index (κ2) is 2.62. The van der Waals surface area contributed by atoms with Crippen LogP contribution in [0.15, 0.2) is 21.8 Å². The van der Waals surface area contributed by atoms with Crippen LogP contribution in [0.3, 0.4) is 0 Å². The van der Waals surface area contributed by atoms with Crippen molar-refractivity contribution in [2.24, 2.45) is 9.98 Å². The molecule has 5 nitrogen and oxygen atoms in total. The van der Waals surface area contributed by atoms with Crippen molar-refractivity contribution in [3.05, 3.63) is 11.8 Å². The molecule has 0 fully saturated rings. The van der Waals surface area contributed by atoms with E-state index in [2.05, 4.69) is 15.3 Å². The zero-order valence-electron chi connectivity index (χ0n) is 6.94. The normalized spacial score (nSPS) is 25.5. The Kier molecular flexibility index (Phi) is 1.58. The molecule has 0 saturated carbocycles. The number of carbonyl (C=O) groups is 2. The fraction of sp³-hybridized carbons (Fsp3) is 0.250. The number of allylic oxidation sites excluding steroid dienone is 1. The van der Waals surface area contributed by atoms with E-state index in [1.165, 1.54) is 6.20 Å². The van der Waals surface area contributed by atoms with Gasteiger partial charge < -0.3 is 5.32 Å². The van der Waals surface area contributed by atoms with Crippen LogP contribution in [0.5, 0.6) is 0 Å². The monoisotopic (exact) mass is 177 g/mol. The van der Waals surface area contributed by atoms with Gasteiger partial charge in [0, 0.05) is 6.20 Å². The van der Waals surface area contributed by atoms with Gasteiger partial charge in [-0.25, -0.2) is 4.99 Å². The second-order valence-corrected chi connectivity index (χ2v) is 2.81. The molecule has 5 heteroatoms. The Morgan fingerprint density at radius 3 is 3.00 bits per heavy atom. The molecule has 0 spiro atoms. The van der Waals surface area contributed by atoms with E-state index in [-0.39, 0.29) is 17.8 Å². The molecule has 0 radical (unpaired) electrons. The maximum Gasteiger partial charge on any atom is 0.273 e. The molecule has 2 aliphatic heterocycles. The van der Waals surface area contributed by atoms with Gasteiger partial charge in [-0.1, -0.05) is 0 Å². The van der Waals surface area contributed by atoms with Crippen LogP contribution in [-0.2, 0) is 9.59 Å². The highest BCUT2D eigenvalue weighted by Gasteiger charge is 2.30. The summed E-state index contributed by atoms with van der Waals surface area (Å²) in [4.78, 5) is 29.7. The fourth-order valence-corrected chi connectivity index (χ4v) is 1.27. The van der Waals surface area contributed by atoms with Crippen molar-refractivity contribution in [1.82, 2.24) is 5.32 Å². The van der Waals surface area contributed by atoms with E-state index >= 15 is 0 Å². The van der Waals surface area contributed by atoms with Crippen LogP contribution in [0.1, 0.15) is 6.92 Å². The van der Waals surface area contributed by atoms with Gasteiger partial charge in [0.1, 0.15) is 11.9 Å². The van der Waals surface area contributed by atoms with Crippen molar-refractivity contribution in [2.75, 3.05) is 0 Å². The molecular weight excluding hydrogens is 170 g/mol. The van der Waals surface area contributed by atoms with Crippen molar-refractivity contribution in [1.29, 1.82) is 0 Å². The number of amides is 1. The summed E-state index contributed by atoms with van der Waals surface area (Å²) in [5, 5.41) is 2.59. The van der Waals surface area contributed by atoms with Crippen LogP contribution in [0.25, 0.3) is 0 Å². The van der Waals surface area contributed by atoms with E-state index in [4.69, 9.17) is 0 Å². The van der Waals surface area contributed by atoms with Gasteiger partial charge in [0.15, 0.2) is 12.0 Å². The number of nitrogens with zero attached hydrogens (tertiary/aromatic N) is 2. The molecule has 0 aromatic carbocycles. The minimum Gasteiger partial charge on any atom is -0.329 e. The Morgan fingerprint density at radius 1 is 1.54 bits per heavy atom. The summed E-state index contributed by atoms with van der Waals surface area (Å²) in [5.74, 6) is -0.273. The van der Waals surface area contributed by atoms with Gasteiger partial charge in [-0.2, -0.15) is 0 Å². The summed E-state index contributed by atoms with van der Waals surface area (Å²) in [6, 6.07) is 0. The summed E-state index contributed by atoms with van der Waals surface area (Å²) in [7, 11) is 0. The highest BCUT2D eigenvalue weighted by atomic mass is 16.2. The van der Waals surface area contributed by atoms with E-state index in [1.54, 1.807) is 6.92 Å². The first-order valence-corrected chi connectivity index (χ1v) is 3.85. The third-order valence-corrected chi connectivity index (χ3v) is 1.84. The highest BCUT2D eigenvalue weighted by molar-refractivity contribution is 6.73. The molecule has 0 aromatic heterocycles. The summed E-state index contributed by atoms with van der Waals surface area (Å²) in [6.45, 7) is 1.74. The molecule has 1 N–H and O–H groups in total. The predicted molar refractivity (Wildman–Crippen MR) is 46.6 cm³/mol. The molecule has 1 amide bonds. The third-order valence-electron chi connectivity index (χ3n) is 1.84. The molecule has 2 aliphatic rings. The molecule has 66 valence electrons. The molecule has 0 aliphatic carbocycles. The summed E-state index contributed by atoms with van der Waals surface area (Å²) in [5.41, 5.74) is 1.02. The SMILES string of the molecule is CC1N=C2C(C=O)=CN=C2C(=O)N1. The van der Waals surface area contributed by atoms with Gasteiger partial charge in [-0.3, -0.25) is 14.6 Å². The Hall–Kier alpha value is -1.78. The number of hydrogen-bond acceptors (Lipinski definition) is 4. The fourth-order valence-electron chi connectivity index (χ4n) is 1.27. The lowest BCUT2D eigenvalue weighted by atomic mass is 10.1. The number of hydrogen-bond donors (Lipinski definition) is 1. The molecule has 0 aromatic rings. The summed E-state index contributed by atoms with van der Waals surface area (Å²) in [6.07, 6.45) is 1.72. The zero-order valence-corrected chi connectivity index (χ0v) is 6.94. The molecule has 2 heterocycles. The quantitative estimate of drug-likeness (QED) is 0.545. The number of rotatable bonds is 1. The van der Waals surface area contributed by atoms with Crippen molar-refractivity contribution in [3.63, 3.8) is 0 Å². The largest absolute Gasteiger partial charge is 0.329 e. The zero-order chi connectivity index (χ0) is 9.42. The number of aldehydes is 1. The van der Waals surface area contributed by atoms with Gasteiger partial charge in [-0.05, 0) is 6.92 Å². The van der Waals surface area contributed by atoms with Crippen molar-refractivity contribution in [3.8, 4) is 0 Å². The predicted octanol–water partition coefficient (Wildman–Crippen LogP) is -0.559. The van der Waals surface area contributed by atoms with Crippen LogP contribution in [0, 0.1) is 0 Å².